The SMILES string of the molecule is CCCCCCCNC1CCN(Cc2ccccc2)CC1. The third-order valence-electron chi connectivity index (χ3n) is 4.55. The van der Waals surface area contributed by atoms with Crippen LogP contribution in [0.15, 0.2) is 30.3 Å². The number of likely N-dealkylation sites (tertiary alicyclic amines) is 1. The summed E-state index contributed by atoms with van der Waals surface area (Å²) >= 11 is 0. The summed E-state index contributed by atoms with van der Waals surface area (Å²) in [4.78, 5) is 2.59. The first kappa shape index (κ1) is 16.5. The Bertz CT molecular complexity index is 355. The standard InChI is InChI=1S/C19H32N2/c1-2-3-4-5-9-14-20-19-12-15-21(16-13-19)17-18-10-7-6-8-11-18/h6-8,10-11,19-20H,2-5,9,12-17H2,1H3. The maximum Gasteiger partial charge on any atom is 0.0233 e. The highest BCUT2D eigenvalue weighted by atomic mass is 15.1. The molecule has 0 unspecified atom stereocenters. The fourth-order valence-corrected chi connectivity index (χ4v) is 3.17. The van der Waals surface area contributed by atoms with Crippen LogP contribution >= 0.6 is 0 Å². The van der Waals surface area contributed by atoms with E-state index < -0.39 is 0 Å². The van der Waals surface area contributed by atoms with Gasteiger partial charge in [-0.2, -0.15) is 0 Å². The first-order valence-corrected chi connectivity index (χ1v) is 8.88. The molecule has 118 valence electrons. The minimum absolute atomic E-state index is 0.753. The van der Waals surface area contributed by atoms with Crippen molar-refractivity contribution in [3.8, 4) is 0 Å². The summed E-state index contributed by atoms with van der Waals surface area (Å²) < 4.78 is 0. The molecule has 0 saturated carbocycles. The van der Waals surface area contributed by atoms with Gasteiger partial charge in [0.25, 0.3) is 0 Å². The quantitative estimate of drug-likeness (QED) is 0.685. The molecule has 1 aromatic carbocycles. The van der Waals surface area contributed by atoms with Gasteiger partial charge in [-0.3, -0.25) is 4.90 Å². The summed E-state index contributed by atoms with van der Waals surface area (Å²) in [5.41, 5.74) is 1.44. The van der Waals surface area contributed by atoms with Gasteiger partial charge in [0.1, 0.15) is 0 Å². The Labute approximate surface area is 130 Å². The molecule has 2 rings (SSSR count). The molecule has 2 heteroatoms. The van der Waals surface area contributed by atoms with Crippen molar-refractivity contribution in [1.82, 2.24) is 10.2 Å². The Kier molecular flexibility index (Phi) is 7.83. The van der Waals surface area contributed by atoms with E-state index in [1.165, 1.54) is 70.1 Å². The fourth-order valence-electron chi connectivity index (χ4n) is 3.17. The van der Waals surface area contributed by atoms with Crippen molar-refractivity contribution in [3.63, 3.8) is 0 Å². The van der Waals surface area contributed by atoms with E-state index in [4.69, 9.17) is 0 Å². The van der Waals surface area contributed by atoms with E-state index in [1.807, 2.05) is 0 Å². The second-order valence-electron chi connectivity index (χ2n) is 6.40. The van der Waals surface area contributed by atoms with Crippen molar-refractivity contribution in [3.05, 3.63) is 35.9 Å². The molecule has 2 nitrogen and oxygen atoms in total. The van der Waals surface area contributed by atoms with Gasteiger partial charge in [-0.25, -0.2) is 0 Å². The van der Waals surface area contributed by atoms with E-state index in [0.717, 1.165) is 12.6 Å². The second kappa shape index (κ2) is 9.97. The highest BCUT2D eigenvalue weighted by Gasteiger charge is 2.18. The van der Waals surface area contributed by atoms with Crippen LogP contribution in [0.5, 0.6) is 0 Å². The number of rotatable bonds is 9. The van der Waals surface area contributed by atoms with Gasteiger partial charge in [-0.15, -0.1) is 0 Å². The van der Waals surface area contributed by atoms with Crippen molar-refractivity contribution in [2.24, 2.45) is 0 Å². The molecule has 1 aliphatic rings. The molecule has 0 radical (unpaired) electrons. The van der Waals surface area contributed by atoms with Gasteiger partial charge in [-0.05, 0) is 44.5 Å². The molecule has 0 aliphatic carbocycles. The molecule has 1 saturated heterocycles. The normalized spacial score (nSPS) is 17.2. The van der Waals surface area contributed by atoms with Crippen LogP contribution in [0.25, 0.3) is 0 Å². The van der Waals surface area contributed by atoms with Crippen LogP contribution in [-0.4, -0.2) is 30.6 Å². The van der Waals surface area contributed by atoms with Gasteiger partial charge in [0.05, 0.1) is 0 Å². The Balaban J connectivity index is 1.54. The first-order chi connectivity index (χ1) is 10.4. The number of benzene rings is 1. The molecule has 1 N–H and O–H groups in total. The number of hydrogen-bond donors (Lipinski definition) is 1. The molecule has 0 amide bonds. The summed E-state index contributed by atoms with van der Waals surface area (Å²) in [6.07, 6.45) is 9.51. The number of piperidine rings is 1. The van der Waals surface area contributed by atoms with E-state index in [0.29, 0.717) is 0 Å². The molecule has 0 atom stereocenters. The highest BCUT2D eigenvalue weighted by molar-refractivity contribution is 5.14. The van der Waals surface area contributed by atoms with Gasteiger partial charge in [0.15, 0.2) is 0 Å². The third kappa shape index (κ3) is 6.62. The number of nitrogens with zero attached hydrogens (tertiary/aromatic N) is 1. The average molecular weight is 288 g/mol. The van der Waals surface area contributed by atoms with Crippen molar-refractivity contribution in [2.45, 2.75) is 64.5 Å². The Morgan fingerprint density at radius 2 is 1.71 bits per heavy atom. The van der Waals surface area contributed by atoms with E-state index >= 15 is 0 Å². The molecule has 0 aromatic heterocycles. The van der Waals surface area contributed by atoms with Crippen molar-refractivity contribution >= 4 is 0 Å². The van der Waals surface area contributed by atoms with E-state index in [2.05, 4.69) is 47.5 Å². The average Bonchev–Trinajstić information content (AvgIpc) is 2.53. The molecular formula is C19H32N2. The summed E-state index contributed by atoms with van der Waals surface area (Å²) in [7, 11) is 0. The van der Waals surface area contributed by atoms with Gasteiger partial charge in [-0.1, -0.05) is 62.9 Å². The lowest BCUT2D eigenvalue weighted by Gasteiger charge is -2.32. The molecular weight excluding hydrogens is 256 g/mol. The van der Waals surface area contributed by atoms with E-state index in [1.54, 1.807) is 0 Å². The summed E-state index contributed by atoms with van der Waals surface area (Å²) in [5.74, 6) is 0. The van der Waals surface area contributed by atoms with Crippen molar-refractivity contribution in [1.29, 1.82) is 0 Å². The van der Waals surface area contributed by atoms with Gasteiger partial charge >= 0.3 is 0 Å². The summed E-state index contributed by atoms with van der Waals surface area (Å²) in [6, 6.07) is 11.6. The summed E-state index contributed by atoms with van der Waals surface area (Å²) in [5, 5.41) is 3.76. The van der Waals surface area contributed by atoms with Crippen LogP contribution in [0.3, 0.4) is 0 Å². The molecule has 1 aliphatic heterocycles. The van der Waals surface area contributed by atoms with Crippen LogP contribution in [0.1, 0.15) is 57.4 Å². The van der Waals surface area contributed by atoms with E-state index in [9.17, 15) is 0 Å². The van der Waals surface area contributed by atoms with Gasteiger partial charge in [0.2, 0.25) is 0 Å². The van der Waals surface area contributed by atoms with Crippen LogP contribution < -0.4 is 5.32 Å². The molecule has 0 spiro atoms. The van der Waals surface area contributed by atoms with Crippen LogP contribution in [0.4, 0.5) is 0 Å². The first-order valence-electron chi connectivity index (χ1n) is 8.88. The van der Waals surface area contributed by atoms with Gasteiger partial charge in [0, 0.05) is 12.6 Å². The van der Waals surface area contributed by atoms with Crippen LogP contribution in [0.2, 0.25) is 0 Å². The minimum atomic E-state index is 0.753. The number of unbranched alkanes of at least 4 members (excludes halogenated alkanes) is 4. The number of nitrogens with one attached hydrogen (secondary N) is 1. The van der Waals surface area contributed by atoms with E-state index in [-0.39, 0.29) is 0 Å². The minimum Gasteiger partial charge on any atom is -0.314 e. The Hall–Kier alpha value is -0.860. The van der Waals surface area contributed by atoms with Crippen molar-refractivity contribution in [2.75, 3.05) is 19.6 Å². The lowest BCUT2D eigenvalue weighted by molar-refractivity contribution is 0.190. The molecule has 0 bridgehead atoms. The smallest absolute Gasteiger partial charge is 0.0233 e. The Morgan fingerprint density at radius 3 is 2.43 bits per heavy atom. The molecule has 1 heterocycles. The lowest BCUT2D eigenvalue weighted by Crippen LogP contribution is -2.42. The molecule has 1 aromatic rings. The zero-order valence-corrected chi connectivity index (χ0v) is 13.7. The fraction of sp³-hybridized carbons (Fsp3) is 0.684. The van der Waals surface area contributed by atoms with Crippen molar-refractivity contribution < 1.29 is 0 Å². The Morgan fingerprint density at radius 1 is 1.00 bits per heavy atom. The monoisotopic (exact) mass is 288 g/mol. The van der Waals surface area contributed by atoms with Crippen LogP contribution in [-0.2, 0) is 6.54 Å². The number of hydrogen-bond acceptors (Lipinski definition) is 2. The van der Waals surface area contributed by atoms with Crippen LogP contribution in [0, 0.1) is 0 Å². The summed E-state index contributed by atoms with van der Waals surface area (Å²) in [6.45, 7) is 7.09. The second-order valence-corrected chi connectivity index (χ2v) is 6.40. The maximum atomic E-state index is 3.76. The zero-order chi connectivity index (χ0) is 14.8. The largest absolute Gasteiger partial charge is 0.314 e. The topological polar surface area (TPSA) is 15.3 Å². The predicted octanol–water partition coefficient (Wildman–Crippen LogP) is 4.21. The lowest BCUT2D eigenvalue weighted by atomic mass is 10.0. The molecule has 21 heavy (non-hydrogen) atoms. The molecule has 1 fully saturated rings. The zero-order valence-electron chi connectivity index (χ0n) is 13.7. The van der Waals surface area contributed by atoms with Gasteiger partial charge < -0.3 is 5.32 Å². The maximum absolute atomic E-state index is 3.76. The predicted molar refractivity (Wildman–Crippen MR) is 91.5 cm³/mol. The third-order valence-corrected chi connectivity index (χ3v) is 4.55. The highest BCUT2D eigenvalue weighted by Crippen LogP contribution is 2.14.